The molecule has 3 N–H and O–H groups in total. The first-order valence-corrected chi connectivity index (χ1v) is 6.92. The summed E-state index contributed by atoms with van der Waals surface area (Å²) in [4.78, 5) is 3.90. The van der Waals surface area contributed by atoms with E-state index in [9.17, 15) is 8.42 Å². The molecule has 0 atom stereocenters. The lowest BCUT2D eigenvalue weighted by molar-refractivity contribution is 0.567. The van der Waals surface area contributed by atoms with E-state index in [1.165, 1.54) is 0 Å². The van der Waals surface area contributed by atoms with Crippen molar-refractivity contribution in [3.63, 3.8) is 0 Å². The number of nitrogens with two attached hydrogens (primary N) is 1. The van der Waals surface area contributed by atoms with E-state index in [4.69, 9.17) is 5.73 Å². The molecule has 16 heavy (non-hydrogen) atoms. The van der Waals surface area contributed by atoms with E-state index >= 15 is 0 Å². The summed E-state index contributed by atoms with van der Waals surface area (Å²) in [7, 11) is -3.14. The maximum absolute atomic E-state index is 11.4. The lowest BCUT2D eigenvalue weighted by Crippen LogP contribution is -2.28. The molecule has 1 rings (SSSR count). The van der Waals surface area contributed by atoms with Crippen molar-refractivity contribution < 1.29 is 8.42 Å². The standard InChI is InChI=1S/C9H18N4O2S/c10-3-1-8-16(14,15)12-4-2-6-13-7-5-11-9-13/h5,7,9,12H,1-4,6,8,10H2. The number of hydrogen-bond donors (Lipinski definition) is 2. The Labute approximate surface area is 95.9 Å². The monoisotopic (exact) mass is 246 g/mol. The van der Waals surface area contributed by atoms with Gasteiger partial charge in [0, 0.05) is 25.5 Å². The number of aromatic nitrogens is 2. The summed E-state index contributed by atoms with van der Waals surface area (Å²) in [6.45, 7) is 1.61. The molecule has 7 heteroatoms. The smallest absolute Gasteiger partial charge is 0.211 e. The summed E-state index contributed by atoms with van der Waals surface area (Å²) in [5, 5.41) is 0. The van der Waals surface area contributed by atoms with Crippen LogP contribution in [0.25, 0.3) is 0 Å². The molecule has 0 aliphatic carbocycles. The van der Waals surface area contributed by atoms with Gasteiger partial charge < -0.3 is 10.3 Å². The third-order valence-electron chi connectivity index (χ3n) is 2.09. The summed E-state index contributed by atoms with van der Waals surface area (Å²) in [6.07, 6.45) is 6.51. The molecule has 0 spiro atoms. The first kappa shape index (κ1) is 13.1. The van der Waals surface area contributed by atoms with Crippen molar-refractivity contribution in [2.24, 2.45) is 5.73 Å². The van der Waals surface area contributed by atoms with Crippen LogP contribution in [0.4, 0.5) is 0 Å². The van der Waals surface area contributed by atoms with E-state index in [1.807, 2.05) is 10.8 Å². The molecule has 0 aliphatic rings. The highest BCUT2D eigenvalue weighted by Crippen LogP contribution is 1.92. The first-order chi connectivity index (χ1) is 7.64. The van der Waals surface area contributed by atoms with Gasteiger partial charge in [0.05, 0.1) is 12.1 Å². The van der Waals surface area contributed by atoms with Crippen molar-refractivity contribution >= 4 is 10.0 Å². The van der Waals surface area contributed by atoms with Gasteiger partial charge in [0.25, 0.3) is 0 Å². The molecule has 0 unspecified atom stereocenters. The maximum atomic E-state index is 11.4. The van der Waals surface area contributed by atoms with Crippen LogP contribution in [-0.2, 0) is 16.6 Å². The summed E-state index contributed by atoms with van der Waals surface area (Å²) in [5.41, 5.74) is 5.25. The van der Waals surface area contributed by atoms with Crippen LogP contribution in [0.1, 0.15) is 12.8 Å². The quantitative estimate of drug-likeness (QED) is 0.607. The Bertz CT molecular complexity index is 374. The van der Waals surface area contributed by atoms with Gasteiger partial charge in [0.1, 0.15) is 0 Å². The third kappa shape index (κ3) is 5.24. The number of imidazole rings is 1. The normalized spacial score (nSPS) is 11.8. The Balaban J connectivity index is 2.15. The molecule has 1 heterocycles. The third-order valence-corrected chi connectivity index (χ3v) is 3.56. The minimum atomic E-state index is -3.14. The van der Waals surface area contributed by atoms with Gasteiger partial charge in [-0.05, 0) is 19.4 Å². The zero-order valence-electron chi connectivity index (χ0n) is 9.17. The van der Waals surface area contributed by atoms with Crippen molar-refractivity contribution in [2.45, 2.75) is 19.4 Å². The molecular weight excluding hydrogens is 228 g/mol. The highest BCUT2D eigenvalue weighted by molar-refractivity contribution is 7.89. The van der Waals surface area contributed by atoms with Crippen molar-refractivity contribution in [3.05, 3.63) is 18.7 Å². The van der Waals surface area contributed by atoms with Crippen molar-refractivity contribution in [1.29, 1.82) is 0 Å². The minimum absolute atomic E-state index is 0.106. The van der Waals surface area contributed by atoms with Crippen molar-refractivity contribution in [3.8, 4) is 0 Å². The molecule has 0 amide bonds. The molecule has 1 aromatic heterocycles. The van der Waals surface area contributed by atoms with E-state index in [1.54, 1.807) is 12.5 Å². The van der Waals surface area contributed by atoms with Gasteiger partial charge in [-0.15, -0.1) is 0 Å². The summed E-state index contributed by atoms with van der Waals surface area (Å²) in [6, 6.07) is 0. The zero-order chi connectivity index (χ0) is 11.9. The predicted octanol–water partition coefficient (Wildman–Crippen LogP) is -0.459. The van der Waals surface area contributed by atoms with Gasteiger partial charge in [-0.2, -0.15) is 0 Å². The van der Waals surface area contributed by atoms with Crippen LogP contribution in [0.3, 0.4) is 0 Å². The summed E-state index contributed by atoms with van der Waals surface area (Å²) < 4.78 is 27.2. The minimum Gasteiger partial charge on any atom is -0.337 e. The van der Waals surface area contributed by atoms with Gasteiger partial charge in [-0.25, -0.2) is 18.1 Å². The van der Waals surface area contributed by atoms with Crippen LogP contribution >= 0.6 is 0 Å². The summed E-state index contributed by atoms with van der Waals surface area (Å²) >= 11 is 0. The highest BCUT2D eigenvalue weighted by Gasteiger charge is 2.07. The van der Waals surface area contributed by atoms with Crippen LogP contribution in [0.5, 0.6) is 0 Å². The van der Waals surface area contributed by atoms with E-state index in [-0.39, 0.29) is 5.75 Å². The topological polar surface area (TPSA) is 90.0 Å². The van der Waals surface area contributed by atoms with E-state index in [2.05, 4.69) is 9.71 Å². The van der Waals surface area contributed by atoms with Crippen molar-refractivity contribution in [1.82, 2.24) is 14.3 Å². The van der Waals surface area contributed by atoms with E-state index in [0.717, 1.165) is 13.0 Å². The first-order valence-electron chi connectivity index (χ1n) is 5.27. The van der Waals surface area contributed by atoms with Crippen LogP contribution < -0.4 is 10.5 Å². The Morgan fingerprint density at radius 2 is 2.19 bits per heavy atom. The molecule has 0 fully saturated rings. The van der Waals surface area contributed by atoms with E-state index in [0.29, 0.717) is 19.5 Å². The Kier molecular flexibility index (Phi) is 5.44. The number of sulfonamides is 1. The SMILES string of the molecule is NCCCS(=O)(=O)NCCCn1ccnc1. The van der Waals surface area contributed by atoms with Crippen LogP contribution in [0.15, 0.2) is 18.7 Å². The molecule has 6 nitrogen and oxygen atoms in total. The fraction of sp³-hybridized carbons (Fsp3) is 0.667. The average Bonchev–Trinajstić information content (AvgIpc) is 2.75. The number of hydrogen-bond acceptors (Lipinski definition) is 4. The molecule has 0 saturated carbocycles. The molecule has 0 aromatic carbocycles. The zero-order valence-corrected chi connectivity index (χ0v) is 9.99. The molecule has 0 saturated heterocycles. The number of nitrogens with one attached hydrogen (secondary N) is 1. The maximum Gasteiger partial charge on any atom is 0.211 e. The van der Waals surface area contributed by atoms with Gasteiger partial charge in [0.2, 0.25) is 10.0 Å². The molecule has 0 radical (unpaired) electrons. The molecule has 0 bridgehead atoms. The Morgan fingerprint density at radius 1 is 1.38 bits per heavy atom. The largest absolute Gasteiger partial charge is 0.337 e. The second-order valence-electron chi connectivity index (χ2n) is 3.51. The number of aryl methyl sites for hydroxylation is 1. The number of nitrogens with zero attached hydrogens (tertiary/aromatic N) is 2. The van der Waals surface area contributed by atoms with E-state index < -0.39 is 10.0 Å². The lowest BCUT2D eigenvalue weighted by Gasteiger charge is -2.06. The van der Waals surface area contributed by atoms with Gasteiger partial charge >= 0.3 is 0 Å². The summed E-state index contributed by atoms with van der Waals surface area (Å²) in [5.74, 6) is 0.106. The Hall–Kier alpha value is -0.920. The van der Waals surface area contributed by atoms with Gasteiger partial charge in [-0.3, -0.25) is 0 Å². The fourth-order valence-corrected chi connectivity index (χ4v) is 2.40. The van der Waals surface area contributed by atoms with Crippen LogP contribution in [-0.4, -0.2) is 36.8 Å². The molecule has 92 valence electrons. The van der Waals surface area contributed by atoms with Crippen LogP contribution in [0, 0.1) is 0 Å². The predicted molar refractivity (Wildman–Crippen MR) is 62.3 cm³/mol. The second kappa shape index (κ2) is 6.62. The fourth-order valence-electron chi connectivity index (χ4n) is 1.25. The molecular formula is C9H18N4O2S. The van der Waals surface area contributed by atoms with Crippen LogP contribution in [0.2, 0.25) is 0 Å². The second-order valence-corrected chi connectivity index (χ2v) is 5.44. The molecule has 1 aromatic rings. The Morgan fingerprint density at radius 3 is 2.81 bits per heavy atom. The van der Waals surface area contributed by atoms with Crippen molar-refractivity contribution in [2.75, 3.05) is 18.8 Å². The average molecular weight is 246 g/mol. The lowest BCUT2D eigenvalue weighted by atomic mass is 10.4. The number of rotatable bonds is 8. The van der Waals surface area contributed by atoms with Gasteiger partial charge in [0.15, 0.2) is 0 Å². The molecule has 0 aliphatic heterocycles. The highest BCUT2D eigenvalue weighted by atomic mass is 32.2. The van der Waals surface area contributed by atoms with Gasteiger partial charge in [-0.1, -0.05) is 0 Å².